The van der Waals surface area contributed by atoms with Gasteiger partial charge >= 0.3 is 5.97 Å². The van der Waals surface area contributed by atoms with E-state index in [4.69, 9.17) is 9.84 Å². The molecule has 0 aromatic heterocycles. The van der Waals surface area contributed by atoms with Crippen LogP contribution in [0.2, 0.25) is 0 Å². The number of aliphatic carboxylic acids is 1. The molecule has 1 aromatic carbocycles. The lowest BCUT2D eigenvalue weighted by Crippen LogP contribution is -2.27. The normalized spacial score (nSPS) is 12.4. The van der Waals surface area contributed by atoms with Crippen LogP contribution in [0.25, 0.3) is 0 Å². The van der Waals surface area contributed by atoms with Gasteiger partial charge in [0.1, 0.15) is 5.75 Å². The summed E-state index contributed by atoms with van der Waals surface area (Å²) in [6.45, 7) is 9.66. The van der Waals surface area contributed by atoms with Crippen molar-refractivity contribution >= 4 is 5.97 Å². The van der Waals surface area contributed by atoms with Crippen molar-refractivity contribution < 1.29 is 14.6 Å². The van der Waals surface area contributed by atoms with Gasteiger partial charge in [-0.1, -0.05) is 39.0 Å². The number of nitrogens with one attached hydrogen (secondary N) is 1. The predicted molar refractivity (Wildman–Crippen MR) is 80.1 cm³/mol. The Bertz CT molecular complexity index is 443. The quantitative estimate of drug-likeness (QED) is 0.768. The van der Waals surface area contributed by atoms with E-state index < -0.39 is 12.1 Å². The lowest BCUT2D eigenvalue weighted by atomic mass is 10.1. The molecule has 0 saturated carbocycles. The number of benzene rings is 1. The molecular formula is C16H25NO3. The van der Waals surface area contributed by atoms with E-state index >= 15 is 0 Å². The highest BCUT2D eigenvalue weighted by Crippen LogP contribution is 2.25. The maximum absolute atomic E-state index is 11.1. The molecule has 0 bridgehead atoms. The maximum Gasteiger partial charge on any atom is 0.344 e. The first-order chi connectivity index (χ1) is 9.45. The molecule has 0 fully saturated rings. The lowest BCUT2D eigenvalue weighted by Gasteiger charge is -2.19. The van der Waals surface area contributed by atoms with Crippen LogP contribution in [0.4, 0.5) is 0 Å². The molecular weight excluding hydrogens is 254 g/mol. The molecule has 0 saturated heterocycles. The molecule has 0 aliphatic rings. The number of carboxylic acid groups (broad SMARTS) is 1. The second kappa shape index (κ2) is 7.90. The van der Waals surface area contributed by atoms with Crippen LogP contribution in [0.1, 0.15) is 38.3 Å². The van der Waals surface area contributed by atoms with Crippen molar-refractivity contribution in [1.29, 1.82) is 0 Å². The van der Waals surface area contributed by atoms with Crippen LogP contribution >= 0.6 is 0 Å². The number of para-hydroxylation sites is 1. The van der Waals surface area contributed by atoms with Crippen LogP contribution in [0.3, 0.4) is 0 Å². The minimum absolute atomic E-state index is 0.447. The first kappa shape index (κ1) is 16.5. The summed E-state index contributed by atoms with van der Waals surface area (Å²) >= 11 is 0. The fourth-order valence-electron chi connectivity index (χ4n) is 1.97. The van der Waals surface area contributed by atoms with Gasteiger partial charge in [-0.05, 0) is 31.4 Å². The molecule has 0 aliphatic heterocycles. The monoisotopic (exact) mass is 279 g/mol. The van der Waals surface area contributed by atoms with Gasteiger partial charge in [0.15, 0.2) is 6.10 Å². The van der Waals surface area contributed by atoms with E-state index in [9.17, 15) is 4.79 Å². The minimum atomic E-state index is -0.920. The van der Waals surface area contributed by atoms with E-state index in [1.165, 1.54) is 0 Å². The number of hydrogen-bond donors (Lipinski definition) is 2. The first-order valence-corrected chi connectivity index (χ1v) is 7.14. The van der Waals surface area contributed by atoms with E-state index in [1.54, 1.807) is 0 Å². The summed E-state index contributed by atoms with van der Waals surface area (Å²) in [6, 6.07) is 5.89. The highest BCUT2D eigenvalue weighted by atomic mass is 16.5. The SMILES string of the molecule is CCC(Oc1c(C)cccc1CNCC(C)C)C(=O)O. The predicted octanol–water partition coefficient (Wildman–Crippen LogP) is 2.98. The standard InChI is InChI=1S/C16H25NO3/c1-5-14(16(18)19)20-15-12(4)7-6-8-13(15)10-17-9-11(2)3/h6-8,11,14,17H,5,9-10H2,1-4H3,(H,18,19). The molecule has 0 spiro atoms. The molecule has 4 nitrogen and oxygen atoms in total. The Hall–Kier alpha value is -1.55. The van der Waals surface area contributed by atoms with Crippen LogP contribution < -0.4 is 10.1 Å². The Kier molecular flexibility index (Phi) is 6.52. The molecule has 4 heteroatoms. The van der Waals surface area contributed by atoms with Gasteiger partial charge in [0.25, 0.3) is 0 Å². The van der Waals surface area contributed by atoms with Gasteiger partial charge in [-0.25, -0.2) is 4.79 Å². The summed E-state index contributed by atoms with van der Waals surface area (Å²) < 4.78 is 5.70. The largest absolute Gasteiger partial charge is 0.479 e. The van der Waals surface area contributed by atoms with Crippen LogP contribution in [0, 0.1) is 12.8 Å². The minimum Gasteiger partial charge on any atom is -0.479 e. The van der Waals surface area contributed by atoms with Crippen molar-refractivity contribution in [3.63, 3.8) is 0 Å². The Morgan fingerprint density at radius 1 is 1.40 bits per heavy atom. The first-order valence-electron chi connectivity index (χ1n) is 7.14. The van der Waals surface area contributed by atoms with E-state index in [2.05, 4.69) is 19.2 Å². The van der Waals surface area contributed by atoms with Gasteiger partial charge in [0.05, 0.1) is 0 Å². The number of ether oxygens (including phenoxy) is 1. The van der Waals surface area contributed by atoms with E-state index in [1.807, 2.05) is 32.0 Å². The van der Waals surface area contributed by atoms with E-state index in [0.717, 1.165) is 17.7 Å². The average Bonchev–Trinajstić information content (AvgIpc) is 2.37. The van der Waals surface area contributed by atoms with Gasteiger partial charge < -0.3 is 15.2 Å². The van der Waals surface area contributed by atoms with E-state index in [0.29, 0.717) is 24.6 Å². The zero-order chi connectivity index (χ0) is 15.1. The van der Waals surface area contributed by atoms with Crippen molar-refractivity contribution in [1.82, 2.24) is 5.32 Å². The van der Waals surface area contributed by atoms with Gasteiger partial charge in [0.2, 0.25) is 0 Å². The molecule has 2 N–H and O–H groups in total. The molecule has 1 rings (SSSR count). The summed E-state index contributed by atoms with van der Waals surface area (Å²) in [7, 11) is 0. The summed E-state index contributed by atoms with van der Waals surface area (Å²) in [5.74, 6) is 0.349. The third-order valence-corrected chi connectivity index (χ3v) is 3.07. The third kappa shape index (κ3) is 4.85. The molecule has 0 heterocycles. The Balaban J connectivity index is 2.84. The number of hydrogen-bond acceptors (Lipinski definition) is 3. The molecule has 112 valence electrons. The van der Waals surface area contributed by atoms with Crippen LogP contribution in [-0.2, 0) is 11.3 Å². The number of aryl methyl sites for hydroxylation is 1. The number of carboxylic acids is 1. The van der Waals surface area contributed by atoms with Gasteiger partial charge in [-0.3, -0.25) is 0 Å². The number of rotatable bonds is 8. The van der Waals surface area contributed by atoms with Crippen molar-refractivity contribution in [2.24, 2.45) is 5.92 Å². The van der Waals surface area contributed by atoms with Crippen molar-refractivity contribution in [3.05, 3.63) is 29.3 Å². The molecule has 1 atom stereocenters. The second-order valence-electron chi connectivity index (χ2n) is 5.44. The molecule has 1 unspecified atom stereocenters. The average molecular weight is 279 g/mol. The molecule has 20 heavy (non-hydrogen) atoms. The highest BCUT2D eigenvalue weighted by Gasteiger charge is 2.19. The summed E-state index contributed by atoms with van der Waals surface area (Å²) in [5, 5.41) is 12.5. The lowest BCUT2D eigenvalue weighted by molar-refractivity contribution is -0.145. The number of carbonyl (C=O) groups is 1. The van der Waals surface area contributed by atoms with Crippen molar-refractivity contribution in [2.75, 3.05) is 6.54 Å². The van der Waals surface area contributed by atoms with Gasteiger partial charge in [-0.15, -0.1) is 0 Å². The Morgan fingerprint density at radius 2 is 2.10 bits per heavy atom. The zero-order valence-corrected chi connectivity index (χ0v) is 12.8. The maximum atomic E-state index is 11.1. The van der Waals surface area contributed by atoms with Gasteiger partial charge in [-0.2, -0.15) is 0 Å². The second-order valence-corrected chi connectivity index (χ2v) is 5.44. The zero-order valence-electron chi connectivity index (χ0n) is 12.8. The molecule has 0 radical (unpaired) electrons. The Morgan fingerprint density at radius 3 is 2.65 bits per heavy atom. The highest BCUT2D eigenvalue weighted by molar-refractivity contribution is 5.72. The van der Waals surface area contributed by atoms with Crippen LogP contribution in [-0.4, -0.2) is 23.7 Å². The fraction of sp³-hybridized carbons (Fsp3) is 0.562. The van der Waals surface area contributed by atoms with Gasteiger partial charge in [0, 0.05) is 12.1 Å². The summed E-state index contributed by atoms with van der Waals surface area (Å²) in [5.41, 5.74) is 1.97. The van der Waals surface area contributed by atoms with Crippen molar-refractivity contribution in [2.45, 2.75) is 46.8 Å². The summed E-state index contributed by atoms with van der Waals surface area (Å²) in [6.07, 6.45) is -0.345. The summed E-state index contributed by atoms with van der Waals surface area (Å²) in [4.78, 5) is 11.1. The topological polar surface area (TPSA) is 58.6 Å². The fourth-order valence-corrected chi connectivity index (χ4v) is 1.97. The smallest absolute Gasteiger partial charge is 0.344 e. The molecule has 0 aliphatic carbocycles. The molecule has 0 amide bonds. The third-order valence-electron chi connectivity index (χ3n) is 3.07. The van der Waals surface area contributed by atoms with Crippen LogP contribution in [0.5, 0.6) is 5.75 Å². The van der Waals surface area contributed by atoms with E-state index in [-0.39, 0.29) is 0 Å². The Labute approximate surface area is 121 Å². The van der Waals surface area contributed by atoms with Crippen LogP contribution in [0.15, 0.2) is 18.2 Å². The van der Waals surface area contributed by atoms with Crippen molar-refractivity contribution in [3.8, 4) is 5.75 Å². The molecule has 1 aromatic rings.